The predicted molar refractivity (Wildman–Crippen MR) is 154 cm³/mol. The minimum absolute atomic E-state index is 0.267. The molecule has 9 heteroatoms. The maximum atomic E-state index is 12.7. The van der Waals surface area contributed by atoms with E-state index in [0.717, 1.165) is 40.7 Å². The largest absolute Gasteiger partial charge is 0.487 e. The number of hydrogen-bond acceptors (Lipinski definition) is 6. The van der Waals surface area contributed by atoms with E-state index in [0.29, 0.717) is 6.61 Å². The van der Waals surface area contributed by atoms with Crippen LogP contribution in [0, 0.1) is 7.14 Å². The molecule has 0 unspecified atom stereocenters. The average Bonchev–Trinajstić information content (AvgIpc) is 3.05. The molecule has 0 saturated carbocycles. The van der Waals surface area contributed by atoms with E-state index in [9.17, 15) is 14.4 Å². The first kappa shape index (κ1) is 26.0. The van der Waals surface area contributed by atoms with Crippen LogP contribution in [0.1, 0.15) is 25.0 Å². The Balaban J connectivity index is 1.47. The third-order valence-corrected chi connectivity index (χ3v) is 7.55. The van der Waals surface area contributed by atoms with Crippen LogP contribution in [0.5, 0.6) is 5.75 Å². The van der Waals surface area contributed by atoms with Gasteiger partial charge in [-0.3, -0.25) is 19.3 Å². The Bertz CT molecular complexity index is 1330. The van der Waals surface area contributed by atoms with Crippen molar-refractivity contribution in [2.24, 2.45) is 0 Å². The zero-order chi connectivity index (χ0) is 25.1. The number of benzene rings is 3. The predicted octanol–water partition coefficient (Wildman–Crippen LogP) is 6.62. The lowest BCUT2D eigenvalue weighted by molar-refractivity contribution is -0.149. The first-order chi connectivity index (χ1) is 16.7. The molecule has 0 spiro atoms. The summed E-state index contributed by atoms with van der Waals surface area (Å²) in [4.78, 5) is 38.1. The van der Waals surface area contributed by atoms with Crippen molar-refractivity contribution < 1.29 is 23.9 Å². The van der Waals surface area contributed by atoms with Crippen LogP contribution in [0.25, 0.3) is 16.8 Å². The summed E-state index contributed by atoms with van der Waals surface area (Å²) in [6.45, 7) is 3.46. The van der Waals surface area contributed by atoms with Gasteiger partial charge in [0.05, 0.1) is 18.1 Å². The molecule has 1 aliphatic heterocycles. The van der Waals surface area contributed by atoms with Crippen molar-refractivity contribution in [2.45, 2.75) is 26.6 Å². The van der Waals surface area contributed by atoms with E-state index in [1.807, 2.05) is 24.3 Å². The second-order valence-corrected chi connectivity index (χ2v) is 11.4. The highest BCUT2D eigenvalue weighted by atomic mass is 127. The number of thioether (sulfide) groups is 1. The molecule has 0 aromatic heterocycles. The van der Waals surface area contributed by atoms with Crippen molar-refractivity contribution in [3.63, 3.8) is 0 Å². The van der Waals surface area contributed by atoms with Crippen LogP contribution < -0.4 is 4.74 Å². The summed E-state index contributed by atoms with van der Waals surface area (Å²) < 4.78 is 13.0. The summed E-state index contributed by atoms with van der Waals surface area (Å²) in [6, 6.07) is 18.3. The molecular formula is C26H21I2NO5S. The lowest BCUT2D eigenvalue weighted by Crippen LogP contribution is -2.35. The van der Waals surface area contributed by atoms with E-state index in [1.165, 1.54) is 10.8 Å². The quantitative estimate of drug-likeness (QED) is 0.156. The smallest absolute Gasteiger partial charge is 0.326 e. The number of carbonyl (C=O) groups is 3. The van der Waals surface area contributed by atoms with Crippen molar-refractivity contribution in [2.75, 3.05) is 6.54 Å². The lowest BCUT2D eigenvalue weighted by atomic mass is 10.1. The minimum atomic E-state index is -0.611. The monoisotopic (exact) mass is 713 g/mol. The molecule has 3 aromatic carbocycles. The zero-order valence-corrected chi connectivity index (χ0v) is 24.0. The maximum absolute atomic E-state index is 12.7. The normalized spacial score (nSPS) is 14.9. The van der Waals surface area contributed by atoms with E-state index < -0.39 is 23.7 Å². The number of nitrogens with zero attached hydrogens (tertiary/aromatic N) is 1. The van der Waals surface area contributed by atoms with Crippen LogP contribution in [0.4, 0.5) is 4.79 Å². The molecule has 0 aliphatic carbocycles. The van der Waals surface area contributed by atoms with Crippen molar-refractivity contribution in [1.29, 1.82) is 0 Å². The molecule has 0 N–H and O–H groups in total. The number of fused-ring (bicyclic) bond motifs is 1. The fourth-order valence-electron chi connectivity index (χ4n) is 3.50. The summed E-state index contributed by atoms with van der Waals surface area (Å²) >= 11 is 5.23. The Morgan fingerprint density at radius 2 is 1.71 bits per heavy atom. The molecule has 35 heavy (non-hydrogen) atoms. The maximum Gasteiger partial charge on any atom is 0.326 e. The van der Waals surface area contributed by atoms with Gasteiger partial charge in [0.1, 0.15) is 18.9 Å². The van der Waals surface area contributed by atoms with Gasteiger partial charge in [0.25, 0.3) is 11.1 Å². The second-order valence-electron chi connectivity index (χ2n) is 8.09. The van der Waals surface area contributed by atoms with Crippen molar-refractivity contribution in [1.82, 2.24) is 4.90 Å². The van der Waals surface area contributed by atoms with Crippen LogP contribution in [0.15, 0.2) is 59.5 Å². The summed E-state index contributed by atoms with van der Waals surface area (Å²) in [5, 5.41) is 1.87. The third-order valence-electron chi connectivity index (χ3n) is 5.04. The van der Waals surface area contributed by atoms with Crippen molar-refractivity contribution in [3.8, 4) is 5.75 Å². The van der Waals surface area contributed by atoms with Gasteiger partial charge in [0, 0.05) is 0 Å². The average molecular weight is 713 g/mol. The Morgan fingerprint density at radius 1 is 1.03 bits per heavy atom. The first-order valence-electron chi connectivity index (χ1n) is 10.8. The molecule has 180 valence electrons. The summed E-state index contributed by atoms with van der Waals surface area (Å²) in [6.07, 6.45) is 1.35. The van der Waals surface area contributed by atoms with Crippen LogP contribution in [0.3, 0.4) is 0 Å². The number of rotatable bonds is 7. The van der Waals surface area contributed by atoms with Crippen LogP contribution in [-0.2, 0) is 20.9 Å². The number of hydrogen-bond donors (Lipinski definition) is 0. The molecule has 0 radical (unpaired) electrons. The van der Waals surface area contributed by atoms with Crippen molar-refractivity contribution >= 4 is 90.9 Å². The van der Waals surface area contributed by atoms with Gasteiger partial charge in [0.2, 0.25) is 0 Å². The Morgan fingerprint density at radius 3 is 2.40 bits per heavy atom. The van der Waals surface area contributed by atoms with Gasteiger partial charge in [0.15, 0.2) is 0 Å². The van der Waals surface area contributed by atoms with E-state index in [4.69, 9.17) is 9.47 Å². The van der Waals surface area contributed by atoms with E-state index in [2.05, 4.69) is 75.5 Å². The molecule has 1 fully saturated rings. The van der Waals surface area contributed by atoms with E-state index in [1.54, 1.807) is 19.9 Å². The Labute approximate surface area is 234 Å². The standard InChI is InChI=1S/C26H21I2NO5S/c1-15(2)34-23(30)13-29-25(31)22(35-26(29)32)12-17-10-20(27)24(21(28)11-17)33-14-16-7-8-18-5-3-4-6-19(18)9-16/h3-12,15H,13-14H2,1-2H3/b22-12+. The Hall–Kier alpha value is -2.12. The first-order valence-corrected chi connectivity index (χ1v) is 13.7. The van der Waals surface area contributed by atoms with Crippen LogP contribution >= 0.6 is 56.9 Å². The number of ether oxygens (including phenoxy) is 2. The second kappa shape index (κ2) is 11.3. The van der Waals surface area contributed by atoms with Gasteiger partial charge in [-0.05, 0) is 117 Å². The molecule has 1 heterocycles. The van der Waals surface area contributed by atoms with E-state index in [-0.39, 0.29) is 11.0 Å². The van der Waals surface area contributed by atoms with E-state index >= 15 is 0 Å². The molecular weight excluding hydrogens is 692 g/mol. The molecule has 4 rings (SSSR count). The van der Waals surface area contributed by atoms with Gasteiger partial charge in [-0.15, -0.1) is 0 Å². The SMILES string of the molecule is CC(C)OC(=O)CN1C(=O)S/C(=C/c2cc(I)c(OCc3ccc4ccccc4c3)c(I)c2)C1=O. The molecule has 0 bridgehead atoms. The minimum Gasteiger partial charge on any atom is -0.487 e. The third kappa shape index (κ3) is 6.36. The van der Waals surface area contributed by atoms with Gasteiger partial charge >= 0.3 is 5.97 Å². The van der Waals surface area contributed by atoms with Gasteiger partial charge < -0.3 is 9.47 Å². The zero-order valence-electron chi connectivity index (χ0n) is 18.9. The molecule has 0 atom stereocenters. The molecule has 2 amide bonds. The lowest BCUT2D eigenvalue weighted by Gasteiger charge is -2.13. The number of esters is 1. The fourth-order valence-corrected chi connectivity index (χ4v) is 6.47. The molecule has 3 aromatic rings. The highest BCUT2D eigenvalue weighted by molar-refractivity contribution is 14.1. The summed E-state index contributed by atoms with van der Waals surface area (Å²) in [5.41, 5.74) is 1.84. The summed E-state index contributed by atoms with van der Waals surface area (Å²) in [5.74, 6) is -0.344. The molecule has 1 saturated heterocycles. The number of amides is 2. The van der Waals surface area contributed by atoms with Crippen molar-refractivity contribution in [3.05, 3.63) is 77.8 Å². The van der Waals surface area contributed by atoms with Gasteiger partial charge in [-0.1, -0.05) is 36.4 Å². The number of imide groups is 1. The highest BCUT2D eigenvalue weighted by Crippen LogP contribution is 2.35. The van der Waals surface area contributed by atoms with Gasteiger partial charge in [-0.2, -0.15) is 0 Å². The van der Waals surface area contributed by atoms with Crippen LogP contribution in [-0.4, -0.2) is 34.7 Å². The molecule has 1 aliphatic rings. The number of carbonyl (C=O) groups excluding carboxylic acids is 3. The summed E-state index contributed by atoms with van der Waals surface area (Å²) in [7, 11) is 0. The number of halogens is 2. The van der Waals surface area contributed by atoms with Crippen LogP contribution in [0.2, 0.25) is 0 Å². The Kier molecular flexibility index (Phi) is 8.38. The fraction of sp³-hybridized carbons (Fsp3) is 0.192. The topological polar surface area (TPSA) is 72.9 Å². The molecule has 6 nitrogen and oxygen atoms in total. The van der Waals surface area contributed by atoms with Gasteiger partial charge in [-0.25, -0.2) is 0 Å². The highest BCUT2D eigenvalue weighted by Gasteiger charge is 2.36.